The molecule has 0 radical (unpaired) electrons. The van der Waals surface area contributed by atoms with Crippen LogP contribution in [-0.2, 0) is 13.6 Å². The standard InChI is InChI=1S/C6H12N4O/c1-10-6(8-5-9-10)4-7-2-3-11/h5,7,11H,2-4H2,1H3. The van der Waals surface area contributed by atoms with Gasteiger partial charge in [-0.2, -0.15) is 5.10 Å². The number of aliphatic hydroxyl groups excluding tert-OH is 1. The molecule has 0 bridgehead atoms. The van der Waals surface area contributed by atoms with Gasteiger partial charge in [-0.15, -0.1) is 0 Å². The largest absolute Gasteiger partial charge is 0.395 e. The van der Waals surface area contributed by atoms with Gasteiger partial charge in [-0.05, 0) is 0 Å². The molecule has 0 aliphatic heterocycles. The van der Waals surface area contributed by atoms with E-state index >= 15 is 0 Å². The van der Waals surface area contributed by atoms with Gasteiger partial charge in [-0.1, -0.05) is 0 Å². The van der Waals surface area contributed by atoms with Gasteiger partial charge in [0.15, 0.2) is 0 Å². The van der Waals surface area contributed by atoms with Gasteiger partial charge in [0.1, 0.15) is 12.2 Å². The van der Waals surface area contributed by atoms with Crippen molar-refractivity contribution in [2.75, 3.05) is 13.2 Å². The number of nitrogens with zero attached hydrogens (tertiary/aromatic N) is 3. The molecule has 1 rings (SSSR count). The third-order valence-corrected chi connectivity index (χ3v) is 1.38. The Bertz CT molecular complexity index is 210. The van der Waals surface area contributed by atoms with Gasteiger partial charge in [-0.3, -0.25) is 4.68 Å². The van der Waals surface area contributed by atoms with Crippen molar-refractivity contribution in [3.63, 3.8) is 0 Å². The number of hydrogen-bond acceptors (Lipinski definition) is 4. The topological polar surface area (TPSA) is 63.0 Å². The molecule has 0 aliphatic rings. The zero-order valence-electron chi connectivity index (χ0n) is 6.49. The van der Waals surface area contributed by atoms with Gasteiger partial charge in [-0.25, -0.2) is 4.98 Å². The molecule has 11 heavy (non-hydrogen) atoms. The van der Waals surface area contributed by atoms with Crippen LogP contribution in [0, 0.1) is 0 Å². The van der Waals surface area contributed by atoms with Gasteiger partial charge in [0.2, 0.25) is 0 Å². The van der Waals surface area contributed by atoms with Crippen molar-refractivity contribution in [1.82, 2.24) is 20.1 Å². The molecule has 62 valence electrons. The van der Waals surface area contributed by atoms with Gasteiger partial charge in [0.25, 0.3) is 0 Å². The Morgan fingerprint density at radius 3 is 3.09 bits per heavy atom. The van der Waals surface area contributed by atoms with Crippen molar-refractivity contribution < 1.29 is 5.11 Å². The maximum Gasteiger partial charge on any atom is 0.140 e. The number of nitrogens with one attached hydrogen (secondary N) is 1. The van der Waals surface area contributed by atoms with Crippen LogP contribution >= 0.6 is 0 Å². The smallest absolute Gasteiger partial charge is 0.140 e. The molecule has 0 unspecified atom stereocenters. The molecule has 0 saturated carbocycles. The second kappa shape index (κ2) is 4.05. The Labute approximate surface area is 65.1 Å². The molecule has 0 aromatic carbocycles. The van der Waals surface area contributed by atoms with E-state index in [0.29, 0.717) is 13.1 Å². The Morgan fingerprint density at radius 1 is 1.73 bits per heavy atom. The summed E-state index contributed by atoms with van der Waals surface area (Å²) in [6.07, 6.45) is 1.51. The van der Waals surface area contributed by atoms with Crippen molar-refractivity contribution in [2.24, 2.45) is 7.05 Å². The molecule has 0 amide bonds. The van der Waals surface area contributed by atoms with E-state index in [1.165, 1.54) is 6.33 Å². The van der Waals surface area contributed by atoms with Crippen molar-refractivity contribution >= 4 is 0 Å². The Hall–Kier alpha value is -0.940. The molecule has 2 N–H and O–H groups in total. The quantitative estimate of drug-likeness (QED) is 0.543. The van der Waals surface area contributed by atoms with E-state index in [0.717, 1.165) is 5.82 Å². The highest BCUT2D eigenvalue weighted by Crippen LogP contribution is 1.87. The third kappa shape index (κ3) is 2.28. The first-order chi connectivity index (χ1) is 5.34. The fourth-order valence-electron chi connectivity index (χ4n) is 0.759. The first-order valence-electron chi connectivity index (χ1n) is 3.49. The van der Waals surface area contributed by atoms with E-state index in [4.69, 9.17) is 5.11 Å². The summed E-state index contributed by atoms with van der Waals surface area (Å²) in [4.78, 5) is 4.00. The fourth-order valence-corrected chi connectivity index (χ4v) is 0.759. The summed E-state index contributed by atoms with van der Waals surface area (Å²) >= 11 is 0. The molecule has 5 nitrogen and oxygen atoms in total. The lowest BCUT2D eigenvalue weighted by Gasteiger charge is -2.00. The summed E-state index contributed by atoms with van der Waals surface area (Å²) < 4.78 is 1.70. The van der Waals surface area contributed by atoms with Gasteiger partial charge >= 0.3 is 0 Å². The van der Waals surface area contributed by atoms with Crippen molar-refractivity contribution in [2.45, 2.75) is 6.54 Å². The molecule has 0 saturated heterocycles. The van der Waals surface area contributed by atoms with Crippen molar-refractivity contribution in [3.05, 3.63) is 12.2 Å². The van der Waals surface area contributed by atoms with Crippen LogP contribution in [0.2, 0.25) is 0 Å². The van der Waals surface area contributed by atoms with Gasteiger partial charge in [0, 0.05) is 13.6 Å². The predicted molar refractivity (Wildman–Crippen MR) is 39.8 cm³/mol. The number of aliphatic hydroxyl groups is 1. The molecular weight excluding hydrogens is 144 g/mol. The molecule has 1 heterocycles. The van der Waals surface area contributed by atoms with Crippen LogP contribution in [0.25, 0.3) is 0 Å². The molecule has 1 aromatic rings. The van der Waals surface area contributed by atoms with Crippen LogP contribution in [-0.4, -0.2) is 33.0 Å². The monoisotopic (exact) mass is 156 g/mol. The van der Waals surface area contributed by atoms with Crippen LogP contribution in [0.3, 0.4) is 0 Å². The van der Waals surface area contributed by atoms with Crippen LogP contribution in [0.15, 0.2) is 6.33 Å². The highest BCUT2D eigenvalue weighted by Gasteiger charge is 1.97. The molecule has 1 aromatic heterocycles. The second-order valence-corrected chi connectivity index (χ2v) is 2.20. The van der Waals surface area contributed by atoms with Crippen LogP contribution in [0.5, 0.6) is 0 Å². The summed E-state index contributed by atoms with van der Waals surface area (Å²) in [5.41, 5.74) is 0. The number of rotatable bonds is 4. The summed E-state index contributed by atoms with van der Waals surface area (Å²) in [6, 6.07) is 0. The normalized spacial score (nSPS) is 10.4. The number of hydrogen-bond donors (Lipinski definition) is 2. The summed E-state index contributed by atoms with van der Waals surface area (Å²) in [7, 11) is 1.84. The van der Waals surface area contributed by atoms with E-state index in [1.54, 1.807) is 4.68 Å². The SMILES string of the molecule is Cn1ncnc1CNCCO. The first-order valence-corrected chi connectivity index (χ1v) is 3.49. The van der Waals surface area contributed by atoms with Crippen LogP contribution in [0.1, 0.15) is 5.82 Å². The minimum Gasteiger partial charge on any atom is -0.395 e. The Balaban J connectivity index is 2.32. The lowest BCUT2D eigenvalue weighted by atomic mass is 10.5. The molecule has 0 fully saturated rings. The zero-order chi connectivity index (χ0) is 8.10. The van der Waals surface area contributed by atoms with E-state index < -0.39 is 0 Å². The average molecular weight is 156 g/mol. The summed E-state index contributed by atoms with van der Waals surface area (Å²) in [5, 5.41) is 15.4. The fraction of sp³-hybridized carbons (Fsp3) is 0.667. The summed E-state index contributed by atoms with van der Waals surface area (Å²) in [5.74, 6) is 0.874. The van der Waals surface area contributed by atoms with Crippen molar-refractivity contribution in [1.29, 1.82) is 0 Å². The Morgan fingerprint density at radius 2 is 2.55 bits per heavy atom. The van der Waals surface area contributed by atoms with E-state index in [-0.39, 0.29) is 6.61 Å². The van der Waals surface area contributed by atoms with Gasteiger partial charge in [0.05, 0.1) is 13.2 Å². The minimum atomic E-state index is 0.151. The molecule has 0 atom stereocenters. The van der Waals surface area contributed by atoms with Crippen LogP contribution in [0.4, 0.5) is 0 Å². The first kappa shape index (κ1) is 8.16. The highest BCUT2D eigenvalue weighted by molar-refractivity contribution is 4.81. The number of aryl methyl sites for hydroxylation is 1. The second-order valence-electron chi connectivity index (χ2n) is 2.20. The maximum absolute atomic E-state index is 8.46. The number of aromatic nitrogens is 3. The van der Waals surface area contributed by atoms with E-state index in [2.05, 4.69) is 15.4 Å². The highest BCUT2D eigenvalue weighted by atomic mass is 16.3. The van der Waals surface area contributed by atoms with Crippen LogP contribution < -0.4 is 5.32 Å². The Kier molecular flexibility index (Phi) is 3.00. The van der Waals surface area contributed by atoms with E-state index in [9.17, 15) is 0 Å². The summed E-state index contributed by atoms with van der Waals surface area (Å²) in [6.45, 7) is 1.39. The lowest BCUT2D eigenvalue weighted by Crippen LogP contribution is -2.19. The minimum absolute atomic E-state index is 0.151. The maximum atomic E-state index is 8.46. The molecule has 0 spiro atoms. The molecule has 5 heteroatoms. The molecular formula is C6H12N4O. The zero-order valence-corrected chi connectivity index (χ0v) is 6.49. The van der Waals surface area contributed by atoms with Gasteiger partial charge < -0.3 is 10.4 Å². The lowest BCUT2D eigenvalue weighted by molar-refractivity contribution is 0.291. The van der Waals surface area contributed by atoms with E-state index in [1.807, 2.05) is 7.05 Å². The van der Waals surface area contributed by atoms with Crippen molar-refractivity contribution in [3.8, 4) is 0 Å². The average Bonchev–Trinajstić information content (AvgIpc) is 2.37. The predicted octanol–water partition coefficient (Wildman–Crippen LogP) is -1.10. The molecule has 0 aliphatic carbocycles. The third-order valence-electron chi connectivity index (χ3n) is 1.38.